The van der Waals surface area contributed by atoms with Crippen LogP contribution in [-0.2, 0) is 16.1 Å². The Labute approximate surface area is 100 Å². The van der Waals surface area contributed by atoms with E-state index >= 15 is 0 Å². The number of aldehydes is 1. The van der Waals surface area contributed by atoms with E-state index in [0.29, 0.717) is 11.8 Å². The summed E-state index contributed by atoms with van der Waals surface area (Å²) in [5.41, 5.74) is -0.158. The van der Waals surface area contributed by atoms with Crippen LogP contribution in [0, 0.1) is 0 Å². The van der Waals surface area contributed by atoms with Crippen molar-refractivity contribution in [2.24, 2.45) is 0 Å². The second-order valence-corrected chi connectivity index (χ2v) is 4.27. The molecule has 0 bridgehead atoms. The van der Waals surface area contributed by atoms with Crippen molar-refractivity contribution in [2.45, 2.75) is 26.1 Å². The van der Waals surface area contributed by atoms with Crippen molar-refractivity contribution in [3.05, 3.63) is 35.4 Å². The highest BCUT2D eigenvalue weighted by molar-refractivity contribution is 6.01. The molecule has 0 spiro atoms. The fraction of sp³-hybridized carbons (Fsp3) is 0.385. The number of hydrogen-bond acceptors (Lipinski definition) is 4. The van der Waals surface area contributed by atoms with E-state index in [4.69, 9.17) is 4.74 Å². The quantitative estimate of drug-likeness (QED) is 0.460. The lowest BCUT2D eigenvalue weighted by atomic mass is 9.96. The maximum absolute atomic E-state index is 11.8. The normalized spacial score (nSPS) is 11.2. The third-order valence-electron chi connectivity index (χ3n) is 2.20. The average molecular weight is 236 g/mol. The van der Waals surface area contributed by atoms with Gasteiger partial charge < -0.3 is 14.6 Å². The molecular weight excluding hydrogens is 220 g/mol. The predicted molar refractivity (Wildman–Crippen MR) is 62.8 cm³/mol. The van der Waals surface area contributed by atoms with Crippen LogP contribution in [0.2, 0.25) is 0 Å². The van der Waals surface area contributed by atoms with Crippen LogP contribution in [0.4, 0.5) is 0 Å². The number of aliphatic hydroxyl groups is 1. The summed E-state index contributed by atoms with van der Waals surface area (Å²) in [7, 11) is 0. The maximum atomic E-state index is 11.8. The van der Waals surface area contributed by atoms with E-state index in [0.717, 1.165) is 5.56 Å². The third kappa shape index (κ3) is 4.09. The standard InChI is InChI=1S/C13H16O4/c1-13(2,16)12(15)11-5-3-4-10(8-11)9-17-7-6-14/h3-6,8,16H,7,9H2,1-2H3. The van der Waals surface area contributed by atoms with Gasteiger partial charge >= 0.3 is 0 Å². The first kappa shape index (κ1) is 13.5. The molecule has 0 aliphatic rings. The second kappa shape index (κ2) is 5.70. The molecule has 92 valence electrons. The number of rotatable bonds is 6. The van der Waals surface area contributed by atoms with Gasteiger partial charge in [-0.3, -0.25) is 4.79 Å². The van der Waals surface area contributed by atoms with Gasteiger partial charge in [-0.05, 0) is 25.5 Å². The first-order chi connectivity index (χ1) is 7.95. The number of ether oxygens (including phenoxy) is 1. The van der Waals surface area contributed by atoms with Gasteiger partial charge in [-0.2, -0.15) is 0 Å². The van der Waals surface area contributed by atoms with Gasteiger partial charge in [-0.15, -0.1) is 0 Å². The number of Topliss-reactive ketones (excluding diaryl/α,β-unsaturated/α-hetero) is 1. The van der Waals surface area contributed by atoms with Gasteiger partial charge in [0.15, 0.2) is 5.78 Å². The van der Waals surface area contributed by atoms with E-state index in [-0.39, 0.29) is 19.0 Å². The summed E-state index contributed by atoms with van der Waals surface area (Å²) in [6, 6.07) is 6.82. The highest BCUT2D eigenvalue weighted by atomic mass is 16.5. The number of hydrogen-bond donors (Lipinski definition) is 1. The minimum Gasteiger partial charge on any atom is -0.382 e. The Hall–Kier alpha value is -1.52. The van der Waals surface area contributed by atoms with E-state index in [1.165, 1.54) is 13.8 Å². The Kier molecular flexibility index (Phi) is 4.54. The van der Waals surface area contributed by atoms with Crippen LogP contribution in [0.15, 0.2) is 24.3 Å². The SMILES string of the molecule is CC(C)(O)C(=O)c1cccc(COCC=O)c1. The molecule has 0 fully saturated rings. The summed E-state index contributed by atoms with van der Waals surface area (Å²) in [5, 5.41) is 9.62. The fourth-order valence-corrected chi connectivity index (χ4v) is 1.38. The molecule has 0 aliphatic carbocycles. The Morgan fingerprint density at radius 2 is 2.18 bits per heavy atom. The highest BCUT2D eigenvalue weighted by Gasteiger charge is 2.25. The van der Waals surface area contributed by atoms with Crippen LogP contribution in [0.3, 0.4) is 0 Å². The van der Waals surface area contributed by atoms with Crippen molar-refractivity contribution in [2.75, 3.05) is 6.61 Å². The minimum absolute atomic E-state index is 0.0314. The smallest absolute Gasteiger partial charge is 0.193 e. The molecule has 1 aromatic rings. The molecule has 0 atom stereocenters. The number of benzene rings is 1. The topological polar surface area (TPSA) is 63.6 Å². The van der Waals surface area contributed by atoms with Gasteiger partial charge in [-0.25, -0.2) is 0 Å². The Bertz CT molecular complexity index is 404. The lowest BCUT2D eigenvalue weighted by Crippen LogP contribution is -2.31. The average Bonchev–Trinajstić information content (AvgIpc) is 2.28. The maximum Gasteiger partial charge on any atom is 0.193 e. The van der Waals surface area contributed by atoms with Crippen LogP contribution < -0.4 is 0 Å². The first-order valence-electron chi connectivity index (χ1n) is 5.32. The van der Waals surface area contributed by atoms with Crippen molar-refractivity contribution < 1.29 is 19.4 Å². The van der Waals surface area contributed by atoms with Crippen LogP contribution in [0.1, 0.15) is 29.8 Å². The molecule has 1 rings (SSSR count). The number of carbonyl (C=O) groups is 2. The van der Waals surface area contributed by atoms with E-state index in [2.05, 4.69) is 0 Å². The molecule has 0 aliphatic heterocycles. The van der Waals surface area contributed by atoms with E-state index in [1.54, 1.807) is 24.3 Å². The van der Waals surface area contributed by atoms with Gasteiger partial charge in [0.05, 0.1) is 6.61 Å². The summed E-state index contributed by atoms with van der Waals surface area (Å²) in [4.78, 5) is 21.9. The molecule has 0 radical (unpaired) electrons. The Morgan fingerprint density at radius 3 is 2.76 bits per heavy atom. The Balaban J connectivity index is 2.79. The molecule has 4 nitrogen and oxygen atoms in total. The van der Waals surface area contributed by atoms with Crippen molar-refractivity contribution in [3.8, 4) is 0 Å². The minimum atomic E-state index is -1.39. The molecule has 0 saturated carbocycles. The van der Waals surface area contributed by atoms with Crippen LogP contribution in [0.5, 0.6) is 0 Å². The number of ketones is 1. The van der Waals surface area contributed by atoms with Gasteiger partial charge in [0.2, 0.25) is 0 Å². The summed E-state index contributed by atoms with van der Waals surface area (Å²) in [5.74, 6) is -0.338. The lowest BCUT2D eigenvalue weighted by molar-refractivity contribution is -0.112. The zero-order valence-electron chi connectivity index (χ0n) is 9.97. The summed E-state index contributed by atoms with van der Waals surface area (Å²) in [6.45, 7) is 3.20. The molecule has 0 saturated heterocycles. The zero-order chi connectivity index (χ0) is 12.9. The molecule has 0 amide bonds. The molecular formula is C13H16O4. The van der Waals surface area contributed by atoms with Crippen molar-refractivity contribution in [1.82, 2.24) is 0 Å². The van der Waals surface area contributed by atoms with Crippen molar-refractivity contribution >= 4 is 12.1 Å². The Morgan fingerprint density at radius 1 is 1.47 bits per heavy atom. The molecule has 1 N–H and O–H groups in total. The van der Waals surface area contributed by atoms with Crippen LogP contribution in [0.25, 0.3) is 0 Å². The molecule has 0 unspecified atom stereocenters. The molecule has 17 heavy (non-hydrogen) atoms. The third-order valence-corrected chi connectivity index (χ3v) is 2.20. The molecule has 1 aromatic carbocycles. The van der Waals surface area contributed by atoms with Crippen molar-refractivity contribution in [1.29, 1.82) is 0 Å². The van der Waals surface area contributed by atoms with E-state index in [1.807, 2.05) is 0 Å². The van der Waals surface area contributed by atoms with E-state index in [9.17, 15) is 14.7 Å². The lowest BCUT2D eigenvalue weighted by Gasteiger charge is -2.15. The van der Waals surface area contributed by atoms with Crippen molar-refractivity contribution in [3.63, 3.8) is 0 Å². The summed E-state index contributed by atoms with van der Waals surface area (Å²) >= 11 is 0. The second-order valence-electron chi connectivity index (χ2n) is 4.27. The van der Waals surface area contributed by atoms with Crippen LogP contribution >= 0.6 is 0 Å². The first-order valence-corrected chi connectivity index (χ1v) is 5.32. The van der Waals surface area contributed by atoms with Gasteiger partial charge in [0, 0.05) is 5.56 Å². The monoisotopic (exact) mass is 236 g/mol. The van der Waals surface area contributed by atoms with Crippen LogP contribution in [-0.4, -0.2) is 29.4 Å². The van der Waals surface area contributed by atoms with Gasteiger partial charge in [-0.1, -0.05) is 18.2 Å². The molecule has 0 aromatic heterocycles. The van der Waals surface area contributed by atoms with E-state index < -0.39 is 5.60 Å². The predicted octanol–water partition coefficient (Wildman–Crippen LogP) is 1.36. The fourth-order valence-electron chi connectivity index (χ4n) is 1.38. The van der Waals surface area contributed by atoms with Gasteiger partial charge in [0.25, 0.3) is 0 Å². The molecule has 0 heterocycles. The zero-order valence-corrected chi connectivity index (χ0v) is 9.97. The highest BCUT2D eigenvalue weighted by Crippen LogP contribution is 2.14. The number of carbonyl (C=O) groups excluding carboxylic acids is 2. The summed E-state index contributed by atoms with van der Waals surface area (Å²) in [6.07, 6.45) is 0.672. The van der Waals surface area contributed by atoms with Gasteiger partial charge in [0.1, 0.15) is 18.5 Å². The summed E-state index contributed by atoms with van der Waals surface area (Å²) < 4.78 is 5.05. The molecule has 4 heteroatoms. The largest absolute Gasteiger partial charge is 0.382 e.